The minimum Gasteiger partial charge on any atom is -0.478 e. The number of fused-ring (bicyclic) bond motifs is 1. The Kier molecular flexibility index (Phi) is 3.30. The predicted molar refractivity (Wildman–Crippen MR) is 82.9 cm³/mol. The maximum absolute atomic E-state index is 11.0. The van der Waals surface area contributed by atoms with Crippen molar-refractivity contribution in [1.82, 2.24) is 4.98 Å². The second-order valence-electron chi connectivity index (χ2n) is 4.72. The lowest BCUT2D eigenvalue weighted by atomic mass is 10.1. The Morgan fingerprint density at radius 1 is 1.26 bits per heavy atom. The second kappa shape index (κ2) is 4.96. The topological polar surface area (TPSA) is 53.4 Å². The number of aromatic nitrogens is 1. The summed E-state index contributed by atoms with van der Waals surface area (Å²) < 4.78 is 1.15. The van der Waals surface area contributed by atoms with Crippen molar-refractivity contribution in [2.24, 2.45) is 0 Å². The largest absolute Gasteiger partial charge is 0.478 e. The van der Waals surface area contributed by atoms with Gasteiger partial charge in [0, 0.05) is 28.2 Å². The number of carboxylic acid groups (broad SMARTS) is 1. The van der Waals surface area contributed by atoms with Crippen LogP contribution in [0.3, 0.4) is 0 Å². The Morgan fingerprint density at radius 3 is 2.68 bits per heavy atom. The molecule has 1 aliphatic heterocycles. The van der Waals surface area contributed by atoms with E-state index in [1.165, 1.54) is 24.7 Å². The van der Waals surface area contributed by atoms with Gasteiger partial charge in [-0.25, -0.2) is 4.79 Å². The van der Waals surface area contributed by atoms with Crippen LogP contribution in [0.15, 0.2) is 24.4 Å². The van der Waals surface area contributed by atoms with Gasteiger partial charge in [-0.15, -0.1) is 0 Å². The zero-order valence-electron chi connectivity index (χ0n) is 10.3. The Hall–Kier alpha value is -1.37. The molecule has 0 amide bonds. The van der Waals surface area contributed by atoms with E-state index in [1.54, 1.807) is 6.07 Å². The highest BCUT2D eigenvalue weighted by Gasteiger charge is 2.16. The highest BCUT2D eigenvalue weighted by molar-refractivity contribution is 14.1. The van der Waals surface area contributed by atoms with Gasteiger partial charge in [0.2, 0.25) is 0 Å². The molecule has 0 atom stereocenters. The molecule has 3 rings (SSSR count). The summed E-state index contributed by atoms with van der Waals surface area (Å²) >= 11 is 2.31. The number of rotatable bonds is 2. The molecule has 1 aromatic carbocycles. The lowest BCUT2D eigenvalue weighted by Crippen LogP contribution is -2.18. The Labute approximate surface area is 124 Å². The van der Waals surface area contributed by atoms with Crippen LogP contribution in [0.4, 0.5) is 5.69 Å². The van der Waals surface area contributed by atoms with E-state index in [-0.39, 0.29) is 5.56 Å². The molecule has 98 valence electrons. The van der Waals surface area contributed by atoms with E-state index < -0.39 is 5.97 Å². The van der Waals surface area contributed by atoms with Gasteiger partial charge in [0.25, 0.3) is 0 Å². The van der Waals surface area contributed by atoms with Gasteiger partial charge >= 0.3 is 5.97 Å². The molecule has 0 radical (unpaired) electrons. The summed E-state index contributed by atoms with van der Waals surface area (Å²) in [7, 11) is 0. The van der Waals surface area contributed by atoms with Crippen LogP contribution in [0.1, 0.15) is 23.2 Å². The molecule has 2 heterocycles. The van der Waals surface area contributed by atoms with E-state index >= 15 is 0 Å². The smallest absolute Gasteiger partial charge is 0.337 e. The third-order valence-electron chi connectivity index (χ3n) is 3.44. The Morgan fingerprint density at radius 2 is 2.00 bits per heavy atom. The molecule has 1 aromatic heterocycles. The number of nitrogens with zero attached hydrogens (tertiary/aromatic N) is 2. The summed E-state index contributed by atoms with van der Waals surface area (Å²) in [4.78, 5) is 17.6. The average Bonchev–Trinajstić information content (AvgIpc) is 2.90. The normalized spacial score (nSPS) is 15.1. The van der Waals surface area contributed by atoms with Gasteiger partial charge in [0.15, 0.2) is 0 Å². The third kappa shape index (κ3) is 2.39. The number of hydrogen-bond acceptors (Lipinski definition) is 3. The first-order valence-corrected chi connectivity index (χ1v) is 7.30. The summed E-state index contributed by atoms with van der Waals surface area (Å²) in [6.07, 6.45) is 3.89. The van der Waals surface area contributed by atoms with E-state index in [0.717, 1.165) is 27.6 Å². The fourth-order valence-electron chi connectivity index (χ4n) is 2.45. The molecule has 2 aromatic rings. The molecule has 1 saturated heterocycles. The van der Waals surface area contributed by atoms with Crippen LogP contribution in [-0.2, 0) is 0 Å². The van der Waals surface area contributed by atoms with E-state index in [1.807, 2.05) is 6.07 Å². The van der Waals surface area contributed by atoms with E-state index in [2.05, 4.69) is 38.5 Å². The maximum Gasteiger partial charge on any atom is 0.337 e. The van der Waals surface area contributed by atoms with E-state index in [4.69, 9.17) is 5.11 Å². The summed E-state index contributed by atoms with van der Waals surface area (Å²) in [6.45, 7) is 2.18. The van der Waals surface area contributed by atoms with Crippen molar-refractivity contribution in [1.29, 1.82) is 0 Å². The summed E-state index contributed by atoms with van der Waals surface area (Å²) in [5.74, 6) is -0.937. The molecule has 5 heteroatoms. The summed E-state index contributed by atoms with van der Waals surface area (Å²) in [5.41, 5.74) is 2.30. The second-order valence-corrected chi connectivity index (χ2v) is 5.88. The molecule has 19 heavy (non-hydrogen) atoms. The number of aromatic carboxylic acids is 1. The molecule has 0 unspecified atom stereocenters. The van der Waals surface area contributed by atoms with Crippen molar-refractivity contribution in [3.8, 4) is 0 Å². The monoisotopic (exact) mass is 368 g/mol. The first-order valence-electron chi connectivity index (χ1n) is 6.23. The van der Waals surface area contributed by atoms with Crippen molar-refractivity contribution >= 4 is 45.2 Å². The highest BCUT2D eigenvalue weighted by Crippen LogP contribution is 2.30. The zero-order chi connectivity index (χ0) is 13.4. The quantitative estimate of drug-likeness (QED) is 0.828. The van der Waals surface area contributed by atoms with Gasteiger partial charge < -0.3 is 10.0 Å². The molecule has 1 N–H and O–H groups in total. The first-order chi connectivity index (χ1) is 9.15. The third-order valence-corrected chi connectivity index (χ3v) is 4.31. The van der Waals surface area contributed by atoms with Crippen molar-refractivity contribution in [2.75, 3.05) is 18.0 Å². The zero-order valence-corrected chi connectivity index (χ0v) is 12.4. The van der Waals surface area contributed by atoms with Crippen molar-refractivity contribution in [3.63, 3.8) is 0 Å². The standard InChI is InChI=1S/C14H13IN2O2/c15-11-6-9-5-10(14(18)19)8-16-12(9)7-13(11)17-3-1-2-4-17/h5-8H,1-4H2,(H,18,19). The van der Waals surface area contributed by atoms with Crippen molar-refractivity contribution in [3.05, 3.63) is 33.5 Å². The minimum absolute atomic E-state index is 0.234. The molecule has 0 saturated carbocycles. The van der Waals surface area contributed by atoms with Gasteiger partial charge in [-0.1, -0.05) is 0 Å². The minimum atomic E-state index is -0.937. The lowest BCUT2D eigenvalue weighted by Gasteiger charge is -2.19. The SMILES string of the molecule is O=C(O)c1cnc2cc(N3CCCC3)c(I)cc2c1. The van der Waals surface area contributed by atoms with Crippen LogP contribution in [0.5, 0.6) is 0 Å². The number of benzene rings is 1. The molecule has 1 aliphatic rings. The molecular weight excluding hydrogens is 355 g/mol. The molecule has 0 aliphatic carbocycles. The molecule has 0 bridgehead atoms. The van der Waals surface area contributed by atoms with Crippen LogP contribution in [0.25, 0.3) is 10.9 Å². The number of pyridine rings is 1. The number of carboxylic acids is 1. The maximum atomic E-state index is 11.0. The number of anilines is 1. The van der Waals surface area contributed by atoms with Crippen molar-refractivity contribution in [2.45, 2.75) is 12.8 Å². The number of carbonyl (C=O) groups is 1. The first kappa shape index (κ1) is 12.7. The average molecular weight is 368 g/mol. The summed E-state index contributed by atoms with van der Waals surface area (Å²) in [6, 6.07) is 5.76. The van der Waals surface area contributed by atoms with Gasteiger partial charge in [-0.3, -0.25) is 4.98 Å². The van der Waals surface area contributed by atoms with E-state index in [9.17, 15) is 4.79 Å². The fraction of sp³-hybridized carbons (Fsp3) is 0.286. The predicted octanol–water partition coefficient (Wildman–Crippen LogP) is 3.14. The van der Waals surface area contributed by atoms with Gasteiger partial charge in [0.1, 0.15) is 0 Å². The van der Waals surface area contributed by atoms with Gasteiger partial charge in [0.05, 0.1) is 16.8 Å². The van der Waals surface area contributed by atoms with E-state index in [0.29, 0.717) is 0 Å². The van der Waals surface area contributed by atoms with Crippen LogP contribution < -0.4 is 4.90 Å². The highest BCUT2D eigenvalue weighted by atomic mass is 127. The van der Waals surface area contributed by atoms with Crippen LogP contribution in [0.2, 0.25) is 0 Å². The van der Waals surface area contributed by atoms with Crippen molar-refractivity contribution < 1.29 is 9.90 Å². The van der Waals surface area contributed by atoms with Crippen LogP contribution in [0, 0.1) is 3.57 Å². The molecule has 1 fully saturated rings. The molecular formula is C14H13IN2O2. The van der Waals surface area contributed by atoms with Gasteiger partial charge in [-0.05, 0) is 53.6 Å². The lowest BCUT2D eigenvalue weighted by molar-refractivity contribution is 0.0696. The van der Waals surface area contributed by atoms with Crippen LogP contribution >= 0.6 is 22.6 Å². The number of halogens is 1. The Balaban J connectivity index is 2.10. The van der Waals surface area contributed by atoms with Crippen LogP contribution in [-0.4, -0.2) is 29.1 Å². The van der Waals surface area contributed by atoms with Gasteiger partial charge in [-0.2, -0.15) is 0 Å². The fourth-order valence-corrected chi connectivity index (χ4v) is 3.29. The number of hydrogen-bond donors (Lipinski definition) is 1. The Bertz CT molecular complexity index is 651. The molecule has 4 nitrogen and oxygen atoms in total. The molecule has 0 spiro atoms. The summed E-state index contributed by atoms with van der Waals surface area (Å²) in [5, 5.41) is 9.87.